The molecular formula is C14H19NO3. The highest BCUT2D eigenvalue weighted by Gasteiger charge is 2.34. The van der Waals surface area contributed by atoms with Gasteiger partial charge in [0.1, 0.15) is 5.75 Å². The molecule has 1 aromatic rings. The molecule has 0 aromatic heterocycles. The minimum atomic E-state index is -0.0397. The number of carbonyl (C=O) groups is 1. The quantitative estimate of drug-likeness (QED) is 0.885. The predicted octanol–water partition coefficient (Wildman–Crippen LogP) is 1.60. The Morgan fingerprint density at radius 2 is 2.06 bits per heavy atom. The number of likely N-dealkylation sites (tertiary alicyclic amines) is 1. The Morgan fingerprint density at radius 1 is 1.39 bits per heavy atom. The van der Waals surface area contributed by atoms with Gasteiger partial charge in [-0.15, -0.1) is 0 Å². The van der Waals surface area contributed by atoms with Gasteiger partial charge in [0.15, 0.2) is 0 Å². The summed E-state index contributed by atoms with van der Waals surface area (Å²) in [5.41, 5.74) is 1.05. The fourth-order valence-corrected chi connectivity index (χ4v) is 2.60. The number of rotatable bonds is 3. The highest BCUT2D eigenvalue weighted by Crippen LogP contribution is 2.35. The van der Waals surface area contributed by atoms with E-state index in [1.807, 2.05) is 24.3 Å². The maximum atomic E-state index is 11.8. The van der Waals surface area contributed by atoms with Gasteiger partial charge in [-0.1, -0.05) is 12.1 Å². The molecule has 0 aliphatic carbocycles. The molecule has 1 amide bonds. The molecule has 2 rings (SSSR count). The first-order valence-electron chi connectivity index (χ1n) is 6.18. The van der Waals surface area contributed by atoms with Crippen molar-refractivity contribution in [2.24, 2.45) is 5.92 Å². The second-order valence-electron chi connectivity index (χ2n) is 4.70. The van der Waals surface area contributed by atoms with E-state index in [1.54, 1.807) is 19.1 Å². The van der Waals surface area contributed by atoms with E-state index >= 15 is 0 Å². The first-order chi connectivity index (χ1) is 8.67. The van der Waals surface area contributed by atoms with Gasteiger partial charge in [-0.2, -0.15) is 0 Å². The van der Waals surface area contributed by atoms with Crippen LogP contribution in [-0.4, -0.2) is 36.7 Å². The fourth-order valence-electron chi connectivity index (χ4n) is 2.60. The van der Waals surface area contributed by atoms with Crippen LogP contribution in [0.4, 0.5) is 0 Å². The Hall–Kier alpha value is -1.55. The lowest BCUT2D eigenvalue weighted by molar-refractivity contribution is -0.137. The van der Waals surface area contributed by atoms with Gasteiger partial charge in [0.2, 0.25) is 5.91 Å². The third-order valence-corrected chi connectivity index (χ3v) is 3.68. The van der Waals surface area contributed by atoms with E-state index < -0.39 is 0 Å². The monoisotopic (exact) mass is 249 g/mol. The zero-order chi connectivity index (χ0) is 13.1. The molecule has 2 atom stereocenters. The van der Waals surface area contributed by atoms with Gasteiger partial charge in [-0.3, -0.25) is 4.79 Å². The predicted molar refractivity (Wildman–Crippen MR) is 68.3 cm³/mol. The summed E-state index contributed by atoms with van der Waals surface area (Å²) in [6, 6.07) is 7.65. The number of amides is 1. The summed E-state index contributed by atoms with van der Waals surface area (Å²) < 4.78 is 5.13. The van der Waals surface area contributed by atoms with Crippen molar-refractivity contribution >= 4 is 5.91 Å². The SMILES string of the molecule is COc1ccc([C@@H]2[C@@H](CO)CCC(=O)N2C)cc1. The van der Waals surface area contributed by atoms with Gasteiger partial charge in [0, 0.05) is 26.0 Å². The molecule has 0 spiro atoms. The summed E-state index contributed by atoms with van der Waals surface area (Å²) in [5.74, 6) is 1.05. The summed E-state index contributed by atoms with van der Waals surface area (Å²) in [5, 5.41) is 9.46. The molecule has 1 aliphatic heterocycles. The normalized spacial score (nSPS) is 24.2. The summed E-state index contributed by atoms with van der Waals surface area (Å²) >= 11 is 0. The molecule has 1 saturated heterocycles. The Bertz CT molecular complexity index is 416. The van der Waals surface area contributed by atoms with E-state index in [0.717, 1.165) is 17.7 Å². The molecule has 98 valence electrons. The maximum Gasteiger partial charge on any atom is 0.222 e. The zero-order valence-electron chi connectivity index (χ0n) is 10.8. The van der Waals surface area contributed by atoms with Gasteiger partial charge in [-0.05, 0) is 24.1 Å². The van der Waals surface area contributed by atoms with Gasteiger partial charge in [0.25, 0.3) is 0 Å². The fraction of sp³-hybridized carbons (Fsp3) is 0.500. The van der Waals surface area contributed by atoms with Gasteiger partial charge < -0.3 is 14.7 Å². The van der Waals surface area contributed by atoms with Crippen molar-refractivity contribution < 1.29 is 14.6 Å². The lowest BCUT2D eigenvalue weighted by atomic mass is 9.85. The minimum absolute atomic E-state index is 0.0397. The largest absolute Gasteiger partial charge is 0.497 e. The number of ether oxygens (including phenoxy) is 1. The summed E-state index contributed by atoms with van der Waals surface area (Å²) in [6.45, 7) is 0.105. The standard InChI is InChI=1S/C14H19NO3/c1-15-13(17)8-5-11(9-16)14(15)10-3-6-12(18-2)7-4-10/h3-4,6-7,11,14,16H,5,8-9H2,1-2H3/t11-,14-/m1/s1. The number of carbonyl (C=O) groups excluding carboxylic acids is 1. The number of aliphatic hydroxyl groups is 1. The van der Waals surface area contributed by atoms with Crippen LogP contribution in [-0.2, 0) is 4.79 Å². The lowest BCUT2D eigenvalue weighted by Crippen LogP contribution is -2.41. The van der Waals surface area contributed by atoms with Crippen LogP contribution in [0.15, 0.2) is 24.3 Å². The Labute approximate surface area is 107 Å². The third kappa shape index (κ3) is 2.34. The van der Waals surface area contributed by atoms with Crippen LogP contribution in [0, 0.1) is 5.92 Å². The van der Waals surface area contributed by atoms with Crippen LogP contribution in [0.5, 0.6) is 5.75 Å². The second-order valence-corrected chi connectivity index (χ2v) is 4.70. The number of nitrogens with zero attached hydrogens (tertiary/aromatic N) is 1. The molecule has 0 radical (unpaired) electrons. The van der Waals surface area contributed by atoms with E-state index in [0.29, 0.717) is 6.42 Å². The Kier molecular flexibility index (Phi) is 3.87. The molecule has 1 aliphatic rings. The van der Waals surface area contributed by atoms with Crippen LogP contribution >= 0.6 is 0 Å². The Balaban J connectivity index is 2.28. The zero-order valence-corrected chi connectivity index (χ0v) is 10.8. The average Bonchev–Trinajstić information content (AvgIpc) is 2.42. The summed E-state index contributed by atoms with van der Waals surface area (Å²) in [6.07, 6.45) is 1.27. The van der Waals surface area contributed by atoms with Gasteiger partial charge in [-0.25, -0.2) is 0 Å². The smallest absolute Gasteiger partial charge is 0.222 e. The average molecular weight is 249 g/mol. The topological polar surface area (TPSA) is 49.8 Å². The molecule has 1 aromatic carbocycles. The van der Waals surface area contributed by atoms with E-state index in [-0.39, 0.29) is 24.5 Å². The maximum absolute atomic E-state index is 11.8. The first kappa shape index (κ1) is 12.9. The van der Waals surface area contributed by atoms with Crippen molar-refractivity contribution in [3.05, 3.63) is 29.8 Å². The molecule has 4 heteroatoms. The molecule has 18 heavy (non-hydrogen) atoms. The molecule has 0 bridgehead atoms. The minimum Gasteiger partial charge on any atom is -0.497 e. The number of aliphatic hydroxyl groups excluding tert-OH is 1. The molecular weight excluding hydrogens is 230 g/mol. The number of hydrogen-bond donors (Lipinski definition) is 1. The summed E-state index contributed by atoms with van der Waals surface area (Å²) in [7, 11) is 3.43. The van der Waals surface area contributed by atoms with Crippen LogP contribution < -0.4 is 4.74 Å². The lowest BCUT2D eigenvalue weighted by Gasteiger charge is -2.38. The van der Waals surface area contributed by atoms with Crippen molar-refractivity contribution in [1.82, 2.24) is 4.90 Å². The van der Waals surface area contributed by atoms with E-state index in [2.05, 4.69) is 0 Å². The first-order valence-corrected chi connectivity index (χ1v) is 6.18. The van der Waals surface area contributed by atoms with Gasteiger partial charge >= 0.3 is 0 Å². The highest BCUT2D eigenvalue weighted by molar-refractivity contribution is 5.77. The van der Waals surface area contributed by atoms with E-state index in [1.165, 1.54) is 0 Å². The van der Waals surface area contributed by atoms with Crippen LogP contribution in [0.1, 0.15) is 24.4 Å². The molecule has 0 saturated carbocycles. The highest BCUT2D eigenvalue weighted by atomic mass is 16.5. The van der Waals surface area contributed by atoms with Crippen molar-refractivity contribution in [3.8, 4) is 5.75 Å². The molecule has 1 heterocycles. The third-order valence-electron chi connectivity index (χ3n) is 3.68. The Morgan fingerprint density at radius 3 is 2.61 bits per heavy atom. The molecule has 1 fully saturated rings. The van der Waals surface area contributed by atoms with Crippen molar-refractivity contribution in [1.29, 1.82) is 0 Å². The number of benzene rings is 1. The molecule has 1 N–H and O–H groups in total. The second kappa shape index (κ2) is 5.40. The molecule has 4 nitrogen and oxygen atoms in total. The number of hydrogen-bond acceptors (Lipinski definition) is 3. The van der Waals surface area contributed by atoms with Crippen molar-refractivity contribution in [3.63, 3.8) is 0 Å². The van der Waals surface area contributed by atoms with Crippen LogP contribution in [0.3, 0.4) is 0 Å². The van der Waals surface area contributed by atoms with Crippen molar-refractivity contribution in [2.75, 3.05) is 20.8 Å². The van der Waals surface area contributed by atoms with Crippen LogP contribution in [0.25, 0.3) is 0 Å². The number of piperidine rings is 1. The molecule has 0 unspecified atom stereocenters. The van der Waals surface area contributed by atoms with E-state index in [4.69, 9.17) is 4.74 Å². The van der Waals surface area contributed by atoms with E-state index in [9.17, 15) is 9.90 Å². The van der Waals surface area contributed by atoms with Crippen LogP contribution in [0.2, 0.25) is 0 Å². The summed E-state index contributed by atoms with van der Waals surface area (Å²) in [4.78, 5) is 13.5. The number of methoxy groups -OCH3 is 1. The van der Waals surface area contributed by atoms with Gasteiger partial charge in [0.05, 0.1) is 13.2 Å². The van der Waals surface area contributed by atoms with Crippen molar-refractivity contribution in [2.45, 2.75) is 18.9 Å².